The molecule has 2 aromatic rings. The average Bonchev–Trinajstić information content (AvgIpc) is 2.95. The number of nitrogens with zero attached hydrogens (tertiary/aromatic N) is 5. The van der Waals surface area contributed by atoms with E-state index in [1.54, 1.807) is 18.3 Å². The van der Waals surface area contributed by atoms with Gasteiger partial charge >= 0.3 is 5.69 Å². The zero-order valence-corrected chi connectivity index (χ0v) is 14.4. The molecule has 3 rings (SSSR count). The molecular weight excluding hydrogens is 306 g/mol. The second-order valence-electron chi connectivity index (χ2n) is 6.35. The van der Waals surface area contributed by atoms with Gasteiger partial charge in [0.05, 0.1) is 6.54 Å². The summed E-state index contributed by atoms with van der Waals surface area (Å²) in [5, 5.41) is 4.27. The van der Waals surface area contributed by atoms with Crippen molar-refractivity contribution in [2.45, 2.75) is 38.8 Å². The number of aryl methyl sites for hydroxylation is 1. The highest BCUT2D eigenvalue weighted by atomic mass is 16.2. The van der Waals surface area contributed by atoms with Crippen LogP contribution in [0.2, 0.25) is 0 Å². The zero-order valence-electron chi connectivity index (χ0n) is 14.4. The van der Waals surface area contributed by atoms with E-state index in [4.69, 9.17) is 0 Å². The van der Waals surface area contributed by atoms with Crippen LogP contribution in [0.3, 0.4) is 0 Å². The second kappa shape index (κ2) is 7.17. The van der Waals surface area contributed by atoms with E-state index in [2.05, 4.69) is 16.9 Å². The fourth-order valence-electron chi connectivity index (χ4n) is 3.32. The first-order valence-corrected chi connectivity index (χ1v) is 8.62. The molecule has 0 spiro atoms. The van der Waals surface area contributed by atoms with E-state index >= 15 is 0 Å². The molecule has 1 aliphatic heterocycles. The third kappa shape index (κ3) is 3.36. The van der Waals surface area contributed by atoms with Crippen LogP contribution in [0.1, 0.15) is 26.2 Å². The third-order valence-corrected chi connectivity index (χ3v) is 4.97. The maximum Gasteiger partial charge on any atom is 0.350 e. The minimum Gasteiger partial charge on any atom is -0.343 e. The molecular formula is C17H25N5O2. The molecule has 0 unspecified atom stereocenters. The summed E-state index contributed by atoms with van der Waals surface area (Å²) in [6, 6.07) is 5.72. The maximum atomic E-state index is 12.5. The Balaban J connectivity index is 1.58. The maximum absolute atomic E-state index is 12.5. The molecule has 0 aromatic carbocycles. The quantitative estimate of drug-likeness (QED) is 0.814. The first-order chi connectivity index (χ1) is 11.6. The largest absolute Gasteiger partial charge is 0.350 e. The standard InChI is InChI=1S/C17H25N5O2/c1-3-20-11-7-14(8-12-20)19(2)16(23)9-13-22-17(24)21-10-5-4-6-15(21)18-22/h4-6,10,14H,3,7-9,11-13H2,1-2H3. The second-order valence-corrected chi connectivity index (χ2v) is 6.35. The van der Waals surface area contributed by atoms with Gasteiger partial charge in [-0.15, -0.1) is 5.10 Å². The van der Waals surface area contributed by atoms with Crippen LogP contribution < -0.4 is 5.69 Å². The molecule has 1 fully saturated rings. The highest BCUT2D eigenvalue weighted by Crippen LogP contribution is 2.16. The molecule has 7 nitrogen and oxygen atoms in total. The third-order valence-electron chi connectivity index (χ3n) is 4.97. The molecule has 3 heterocycles. The van der Waals surface area contributed by atoms with Crippen LogP contribution in [0.15, 0.2) is 29.2 Å². The molecule has 0 radical (unpaired) electrons. The SMILES string of the molecule is CCN1CCC(N(C)C(=O)CCn2nc3ccccn3c2=O)CC1. The fraction of sp³-hybridized carbons (Fsp3) is 0.588. The number of fused-ring (bicyclic) bond motifs is 1. The predicted octanol–water partition coefficient (Wildman–Crippen LogP) is 0.829. The number of carbonyl (C=O) groups is 1. The number of hydrogen-bond acceptors (Lipinski definition) is 4. The minimum absolute atomic E-state index is 0.0777. The Hall–Kier alpha value is -2.15. The van der Waals surface area contributed by atoms with E-state index in [9.17, 15) is 9.59 Å². The van der Waals surface area contributed by atoms with E-state index in [0.29, 0.717) is 24.7 Å². The van der Waals surface area contributed by atoms with Gasteiger partial charge in [-0.05, 0) is 31.5 Å². The van der Waals surface area contributed by atoms with Crippen LogP contribution in [0.5, 0.6) is 0 Å². The molecule has 24 heavy (non-hydrogen) atoms. The van der Waals surface area contributed by atoms with Gasteiger partial charge in [0, 0.05) is 38.8 Å². The Labute approximate surface area is 141 Å². The van der Waals surface area contributed by atoms with Gasteiger partial charge in [-0.2, -0.15) is 0 Å². The molecule has 1 amide bonds. The normalized spacial score (nSPS) is 16.6. The van der Waals surface area contributed by atoms with Gasteiger partial charge in [-0.1, -0.05) is 13.0 Å². The number of likely N-dealkylation sites (tertiary alicyclic amines) is 1. The lowest BCUT2D eigenvalue weighted by molar-refractivity contribution is -0.133. The van der Waals surface area contributed by atoms with E-state index in [0.717, 1.165) is 32.5 Å². The lowest BCUT2D eigenvalue weighted by atomic mass is 10.0. The number of amides is 1. The summed E-state index contributed by atoms with van der Waals surface area (Å²) in [5.74, 6) is 0.0777. The monoisotopic (exact) mass is 331 g/mol. The van der Waals surface area contributed by atoms with Crippen LogP contribution in [-0.2, 0) is 11.3 Å². The number of piperidine rings is 1. The molecule has 0 atom stereocenters. The topological polar surface area (TPSA) is 62.9 Å². The van der Waals surface area contributed by atoms with Crippen molar-refractivity contribution in [3.05, 3.63) is 34.9 Å². The van der Waals surface area contributed by atoms with Gasteiger partial charge < -0.3 is 9.80 Å². The van der Waals surface area contributed by atoms with Crippen LogP contribution >= 0.6 is 0 Å². The smallest absolute Gasteiger partial charge is 0.343 e. The van der Waals surface area contributed by atoms with Gasteiger partial charge in [0.1, 0.15) is 0 Å². The van der Waals surface area contributed by atoms with Crippen molar-refractivity contribution < 1.29 is 4.79 Å². The Bertz CT molecular complexity index is 758. The molecule has 7 heteroatoms. The van der Waals surface area contributed by atoms with Crippen molar-refractivity contribution in [2.75, 3.05) is 26.7 Å². The Morgan fingerprint density at radius 2 is 2.08 bits per heavy atom. The summed E-state index contributed by atoms with van der Waals surface area (Å²) < 4.78 is 2.87. The van der Waals surface area contributed by atoms with E-state index in [-0.39, 0.29) is 11.6 Å². The Morgan fingerprint density at radius 1 is 1.33 bits per heavy atom. The number of carbonyl (C=O) groups excluding carboxylic acids is 1. The van der Waals surface area contributed by atoms with Crippen LogP contribution in [0.25, 0.3) is 5.65 Å². The highest BCUT2D eigenvalue weighted by molar-refractivity contribution is 5.76. The molecule has 130 valence electrons. The first kappa shape index (κ1) is 16.7. The number of rotatable bonds is 5. The van der Waals surface area contributed by atoms with Crippen LogP contribution in [0, 0.1) is 0 Å². The number of hydrogen-bond donors (Lipinski definition) is 0. The molecule has 1 saturated heterocycles. The number of aromatic nitrogens is 3. The van der Waals surface area contributed by atoms with Crippen molar-refractivity contribution in [3.8, 4) is 0 Å². The van der Waals surface area contributed by atoms with Gasteiger partial charge in [0.15, 0.2) is 5.65 Å². The molecule has 0 saturated carbocycles. The summed E-state index contributed by atoms with van der Waals surface area (Å²) in [6.45, 7) is 5.65. The predicted molar refractivity (Wildman–Crippen MR) is 92.0 cm³/mol. The van der Waals surface area contributed by atoms with Gasteiger partial charge in [-0.25, -0.2) is 9.48 Å². The lowest BCUT2D eigenvalue weighted by Crippen LogP contribution is -2.45. The zero-order chi connectivity index (χ0) is 17.1. The lowest BCUT2D eigenvalue weighted by Gasteiger charge is -2.36. The van der Waals surface area contributed by atoms with E-state index in [1.165, 1.54) is 9.08 Å². The van der Waals surface area contributed by atoms with Crippen LogP contribution in [0.4, 0.5) is 0 Å². The van der Waals surface area contributed by atoms with Crippen molar-refractivity contribution in [3.63, 3.8) is 0 Å². The number of pyridine rings is 1. The van der Waals surface area contributed by atoms with Crippen molar-refractivity contribution in [1.29, 1.82) is 0 Å². The summed E-state index contributed by atoms with van der Waals surface area (Å²) in [5.41, 5.74) is 0.410. The van der Waals surface area contributed by atoms with Gasteiger partial charge in [-0.3, -0.25) is 9.20 Å². The Kier molecular flexibility index (Phi) is 4.99. The average molecular weight is 331 g/mol. The van der Waals surface area contributed by atoms with Gasteiger partial charge in [0.2, 0.25) is 5.91 Å². The molecule has 0 N–H and O–H groups in total. The van der Waals surface area contributed by atoms with Crippen molar-refractivity contribution >= 4 is 11.6 Å². The summed E-state index contributed by atoms with van der Waals surface area (Å²) in [7, 11) is 1.88. The molecule has 2 aromatic heterocycles. The van der Waals surface area contributed by atoms with E-state index < -0.39 is 0 Å². The summed E-state index contributed by atoms with van der Waals surface area (Å²) in [4.78, 5) is 28.9. The summed E-state index contributed by atoms with van der Waals surface area (Å²) >= 11 is 0. The van der Waals surface area contributed by atoms with E-state index in [1.807, 2.05) is 18.0 Å². The summed E-state index contributed by atoms with van der Waals surface area (Å²) in [6.07, 6.45) is 4.03. The van der Waals surface area contributed by atoms with Crippen molar-refractivity contribution in [2.24, 2.45) is 0 Å². The first-order valence-electron chi connectivity index (χ1n) is 8.62. The Morgan fingerprint density at radius 3 is 2.75 bits per heavy atom. The van der Waals surface area contributed by atoms with Crippen LogP contribution in [-0.4, -0.2) is 62.6 Å². The van der Waals surface area contributed by atoms with Gasteiger partial charge in [0.25, 0.3) is 0 Å². The highest BCUT2D eigenvalue weighted by Gasteiger charge is 2.24. The molecule has 1 aliphatic rings. The molecule has 0 bridgehead atoms. The fourth-order valence-corrected chi connectivity index (χ4v) is 3.32. The minimum atomic E-state index is -0.197. The molecule has 0 aliphatic carbocycles. The van der Waals surface area contributed by atoms with Crippen molar-refractivity contribution in [1.82, 2.24) is 24.0 Å².